The lowest BCUT2D eigenvalue weighted by Crippen LogP contribution is -2.47. The van der Waals surface area contributed by atoms with Crippen molar-refractivity contribution in [1.82, 2.24) is 5.32 Å². The Kier molecular flexibility index (Phi) is 7.31. The zero-order valence-electron chi connectivity index (χ0n) is 17.6. The predicted octanol–water partition coefficient (Wildman–Crippen LogP) is 4.67. The molecule has 0 aliphatic heterocycles. The van der Waals surface area contributed by atoms with Gasteiger partial charge in [0.25, 0.3) is 0 Å². The van der Waals surface area contributed by atoms with Gasteiger partial charge in [0.05, 0.1) is 11.6 Å². The molecule has 0 aliphatic rings. The van der Waals surface area contributed by atoms with Gasteiger partial charge in [-0.1, -0.05) is 62.4 Å². The summed E-state index contributed by atoms with van der Waals surface area (Å²) in [5, 5.41) is 12.4. The highest BCUT2D eigenvalue weighted by Crippen LogP contribution is 2.35. The monoisotopic (exact) mass is 422 g/mol. The second kappa shape index (κ2) is 9.18. The van der Waals surface area contributed by atoms with Gasteiger partial charge in [0.2, 0.25) is 5.91 Å². The molecule has 0 bridgehead atoms. The van der Waals surface area contributed by atoms with Crippen LogP contribution in [0.3, 0.4) is 0 Å². The van der Waals surface area contributed by atoms with Gasteiger partial charge < -0.3 is 10.8 Å². The molecule has 0 unspecified atom stereocenters. The third-order valence-corrected chi connectivity index (χ3v) is 4.91. The molecule has 0 saturated heterocycles. The van der Waals surface area contributed by atoms with Gasteiger partial charge in [-0.05, 0) is 48.4 Å². The van der Waals surface area contributed by atoms with Gasteiger partial charge in [0, 0.05) is 0 Å². The summed E-state index contributed by atoms with van der Waals surface area (Å²) < 4.78 is 41.1. The molecular weight excluding hydrogens is 393 g/mol. The van der Waals surface area contributed by atoms with Gasteiger partial charge >= 0.3 is 6.18 Å². The molecule has 2 aromatic rings. The second-order valence-corrected chi connectivity index (χ2v) is 8.48. The molecule has 0 spiro atoms. The topological polar surface area (TPSA) is 75.3 Å². The molecule has 0 aromatic heterocycles. The first kappa shape index (κ1) is 23.9. The van der Waals surface area contributed by atoms with Crippen LogP contribution in [0.2, 0.25) is 0 Å². The van der Waals surface area contributed by atoms with Crippen molar-refractivity contribution in [1.29, 1.82) is 0 Å². The SMILES string of the molecule is CC(C)C[C@H](N[C@@H](c1ccc(-c2ccc(C(C)(C)O)cc2)cc1)C(F)(F)F)C(N)=O. The number of carbonyl (C=O) groups is 1. The molecule has 7 heteroatoms. The fourth-order valence-corrected chi connectivity index (χ4v) is 3.26. The van der Waals surface area contributed by atoms with Crippen LogP contribution in [0.15, 0.2) is 48.5 Å². The highest BCUT2D eigenvalue weighted by atomic mass is 19.4. The Morgan fingerprint density at radius 1 is 1.00 bits per heavy atom. The third kappa shape index (κ3) is 6.31. The van der Waals surface area contributed by atoms with E-state index in [-0.39, 0.29) is 17.9 Å². The lowest BCUT2D eigenvalue weighted by Gasteiger charge is -2.27. The number of hydrogen-bond donors (Lipinski definition) is 3. The zero-order valence-corrected chi connectivity index (χ0v) is 17.6. The largest absolute Gasteiger partial charge is 0.407 e. The fraction of sp³-hybridized carbons (Fsp3) is 0.435. The molecule has 1 amide bonds. The van der Waals surface area contributed by atoms with Crippen LogP contribution < -0.4 is 11.1 Å². The average Bonchev–Trinajstić information content (AvgIpc) is 2.63. The van der Waals surface area contributed by atoms with E-state index in [0.29, 0.717) is 0 Å². The van der Waals surface area contributed by atoms with Gasteiger partial charge in [-0.3, -0.25) is 10.1 Å². The number of nitrogens with one attached hydrogen (secondary N) is 1. The van der Waals surface area contributed by atoms with Crippen LogP contribution in [0, 0.1) is 5.92 Å². The Bertz CT molecular complexity index is 839. The summed E-state index contributed by atoms with van der Waals surface area (Å²) in [5.41, 5.74) is 6.66. The Morgan fingerprint density at radius 3 is 1.83 bits per heavy atom. The van der Waals surface area contributed by atoms with Crippen LogP contribution in [-0.4, -0.2) is 23.2 Å². The number of amides is 1. The summed E-state index contributed by atoms with van der Waals surface area (Å²) >= 11 is 0. The van der Waals surface area contributed by atoms with Crippen LogP contribution in [0.1, 0.15) is 51.3 Å². The number of carbonyl (C=O) groups excluding carboxylic acids is 1. The number of nitrogens with two attached hydrogens (primary N) is 1. The lowest BCUT2D eigenvalue weighted by molar-refractivity contribution is -0.160. The lowest BCUT2D eigenvalue weighted by atomic mass is 9.94. The predicted molar refractivity (Wildman–Crippen MR) is 111 cm³/mol. The minimum atomic E-state index is -4.58. The number of benzene rings is 2. The van der Waals surface area contributed by atoms with Crippen molar-refractivity contribution in [2.45, 2.75) is 58.0 Å². The highest BCUT2D eigenvalue weighted by molar-refractivity contribution is 5.79. The summed E-state index contributed by atoms with van der Waals surface area (Å²) in [6.45, 7) is 7.00. The summed E-state index contributed by atoms with van der Waals surface area (Å²) in [7, 11) is 0. The first-order valence-corrected chi connectivity index (χ1v) is 9.84. The Morgan fingerprint density at radius 2 is 1.47 bits per heavy atom. The summed E-state index contributed by atoms with van der Waals surface area (Å²) in [5.74, 6) is -0.792. The summed E-state index contributed by atoms with van der Waals surface area (Å²) in [6, 6.07) is 10.1. The van der Waals surface area contributed by atoms with Crippen LogP contribution >= 0.6 is 0 Å². The quantitative estimate of drug-likeness (QED) is 0.579. The van der Waals surface area contributed by atoms with E-state index in [2.05, 4.69) is 5.32 Å². The maximum Gasteiger partial charge on any atom is 0.407 e. The van der Waals surface area contributed by atoms with E-state index >= 15 is 0 Å². The van der Waals surface area contributed by atoms with Crippen LogP contribution in [-0.2, 0) is 10.4 Å². The van der Waals surface area contributed by atoms with Crippen molar-refractivity contribution in [2.24, 2.45) is 11.7 Å². The molecule has 4 nitrogen and oxygen atoms in total. The maximum atomic E-state index is 13.7. The number of alkyl halides is 3. The van der Waals surface area contributed by atoms with Crippen molar-refractivity contribution >= 4 is 5.91 Å². The average molecular weight is 422 g/mol. The minimum Gasteiger partial charge on any atom is -0.386 e. The number of primary amides is 1. The van der Waals surface area contributed by atoms with Crippen molar-refractivity contribution in [3.05, 3.63) is 59.7 Å². The zero-order chi connectivity index (χ0) is 22.7. The standard InChI is InChI=1S/C23H29F3N2O2/c1-14(2)13-19(21(27)29)28-20(23(24,25)26)17-7-5-15(6-8-17)16-9-11-18(12-10-16)22(3,4)30/h5-12,14,19-20,28,30H,13H2,1-4H3,(H2,27,29)/t19-,20-/m0/s1. The van der Waals surface area contributed by atoms with E-state index in [1.807, 2.05) is 26.0 Å². The first-order chi connectivity index (χ1) is 13.8. The Labute approximate surface area is 175 Å². The van der Waals surface area contributed by atoms with Crippen LogP contribution in [0.25, 0.3) is 11.1 Å². The number of hydrogen-bond acceptors (Lipinski definition) is 3. The highest BCUT2D eigenvalue weighted by Gasteiger charge is 2.42. The van der Waals surface area contributed by atoms with E-state index in [4.69, 9.17) is 5.73 Å². The van der Waals surface area contributed by atoms with Crippen molar-refractivity contribution in [2.75, 3.05) is 0 Å². The molecule has 0 aliphatic carbocycles. The Hall–Kier alpha value is -2.38. The maximum absolute atomic E-state index is 13.7. The van der Waals surface area contributed by atoms with Gasteiger partial charge in [-0.15, -0.1) is 0 Å². The molecule has 2 aromatic carbocycles. The van der Waals surface area contributed by atoms with Gasteiger partial charge in [0.15, 0.2) is 0 Å². The van der Waals surface area contributed by atoms with E-state index in [0.717, 1.165) is 16.7 Å². The fourth-order valence-electron chi connectivity index (χ4n) is 3.26. The molecule has 30 heavy (non-hydrogen) atoms. The molecule has 2 atom stereocenters. The van der Waals surface area contributed by atoms with Crippen LogP contribution in [0.4, 0.5) is 13.2 Å². The second-order valence-electron chi connectivity index (χ2n) is 8.48. The van der Waals surface area contributed by atoms with E-state index in [1.54, 1.807) is 38.1 Å². The molecule has 0 saturated carbocycles. The molecule has 164 valence electrons. The third-order valence-electron chi connectivity index (χ3n) is 4.91. The van der Waals surface area contributed by atoms with Gasteiger partial charge in [0.1, 0.15) is 6.04 Å². The molecular formula is C23H29F3N2O2. The van der Waals surface area contributed by atoms with Crippen LogP contribution in [0.5, 0.6) is 0 Å². The van der Waals surface area contributed by atoms with Crippen molar-refractivity contribution in [3.8, 4) is 11.1 Å². The molecule has 0 radical (unpaired) electrons. The van der Waals surface area contributed by atoms with E-state index in [1.165, 1.54) is 12.1 Å². The smallest absolute Gasteiger partial charge is 0.386 e. The molecule has 4 N–H and O–H groups in total. The molecule has 0 heterocycles. The summed E-state index contributed by atoms with van der Waals surface area (Å²) in [6.07, 6.45) is -4.37. The van der Waals surface area contributed by atoms with Crippen molar-refractivity contribution < 1.29 is 23.1 Å². The van der Waals surface area contributed by atoms with Gasteiger partial charge in [-0.25, -0.2) is 0 Å². The first-order valence-electron chi connectivity index (χ1n) is 9.84. The summed E-state index contributed by atoms with van der Waals surface area (Å²) in [4.78, 5) is 11.6. The normalized spacial score (nSPS) is 14.6. The van der Waals surface area contributed by atoms with Crippen molar-refractivity contribution in [3.63, 3.8) is 0 Å². The molecule has 0 fully saturated rings. The van der Waals surface area contributed by atoms with Gasteiger partial charge in [-0.2, -0.15) is 13.2 Å². The molecule has 2 rings (SSSR count). The van der Waals surface area contributed by atoms with E-state index in [9.17, 15) is 23.1 Å². The number of rotatable bonds is 8. The number of aliphatic hydroxyl groups is 1. The minimum absolute atomic E-state index is 0.00867. The van der Waals surface area contributed by atoms with E-state index < -0.39 is 29.8 Å². The number of halogens is 3. The Balaban J connectivity index is 2.28.